The van der Waals surface area contributed by atoms with E-state index in [9.17, 15) is 0 Å². The molecular weight excluding hydrogens is 242 g/mol. The Kier molecular flexibility index (Phi) is 2.86. The van der Waals surface area contributed by atoms with Gasteiger partial charge in [0, 0.05) is 12.2 Å². The third-order valence-electron chi connectivity index (χ3n) is 3.17. The summed E-state index contributed by atoms with van der Waals surface area (Å²) in [5.41, 5.74) is 4.93. The number of aryl methyl sites for hydroxylation is 2. The zero-order valence-electron chi connectivity index (χ0n) is 10.9. The monoisotopic (exact) mass is 257 g/mol. The molecule has 3 aromatic heterocycles. The van der Waals surface area contributed by atoms with E-state index in [-0.39, 0.29) is 0 Å². The fraction of sp³-hybridized carbons (Fsp3) is 0.333. The Morgan fingerprint density at radius 3 is 2.89 bits per heavy atom. The Hall–Kier alpha value is -2.44. The average molecular weight is 257 g/mol. The van der Waals surface area contributed by atoms with Crippen LogP contribution in [0.4, 0.5) is 5.82 Å². The Balaban J connectivity index is 1.71. The Bertz CT molecular complexity index is 677. The molecule has 0 bridgehead atoms. The first-order chi connectivity index (χ1) is 9.25. The number of anilines is 1. The molecule has 3 aromatic rings. The molecule has 98 valence electrons. The second kappa shape index (κ2) is 4.68. The Labute approximate surface area is 109 Å². The molecule has 0 aliphatic heterocycles. The maximum absolute atomic E-state index is 4.23. The topological polar surface area (TPSA) is 95.2 Å². The lowest BCUT2D eigenvalue weighted by atomic mass is 10.1. The van der Waals surface area contributed by atoms with E-state index in [0.717, 1.165) is 35.7 Å². The van der Waals surface area contributed by atoms with Crippen LogP contribution in [0.2, 0.25) is 0 Å². The number of aromatic nitrogens is 6. The fourth-order valence-electron chi connectivity index (χ4n) is 2.15. The lowest BCUT2D eigenvalue weighted by molar-refractivity contribution is 0.982. The SMILES string of the molecule is Cc1n[nH]c(C)c1CCNc1ncnc2nc[nH]c12. The van der Waals surface area contributed by atoms with Crippen LogP contribution < -0.4 is 5.32 Å². The molecule has 0 saturated carbocycles. The largest absolute Gasteiger partial charge is 0.368 e. The predicted molar refractivity (Wildman–Crippen MR) is 71.9 cm³/mol. The zero-order chi connectivity index (χ0) is 13.2. The highest BCUT2D eigenvalue weighted by molar-refractivity contribution is 5.81. The van der Waals surface area contributed by atoms with Crippen molar-refractivity contribution in [2.45, 2.75) is 20.3 Å². The summed E-state index contributed by atoms with van der Waals surface area (Å²) in [7, 11) is 0. The highest BCUT2D eigenvalue weighted by atomic mass is 15.1. The van der Waals surface area contributed by atoms with Crippen molar-refractivity contribution in [1.82, 2.24) is 30.1 Å². The number of imidazole rings is 1. The van der Waals surface area contributed by atoms with Gasteiger partial charge in [-0.15, -0.1) is 0 Å². The van der Waals surface area contributed by atoms with Crippen molar-refractivity contribution in [3.63, 3.8) is 0 Å². The van der Waals surface area contributed by atoms with Crippen LogP contribution in [0, 0.1) is 13.8 Å². The van der Waals surface area contributed by atoms with E-state index in [1.165, 1.54) is 11.9 Å². The molecule has 7 nitrogen and oxygen atoms in total. The number of hydrogen-bond donors (Lipinski definition) is 3. The number of rotatable bonds is 4. The molecule has 0 spiro atoms. The maximum Gasteiger partial charge on any atom is 0.182 e. The van der Waals surface area contributed by atoms with Gasteiger partial charge in [-0.05, 0) is 25.8 Å². The summed E-state index contributed by atoms with van der Waals surface area (Å²) in [6.07, 6.45) is 4.03. The summed E-state index contributed by atoms with van der Waals surface area (Å²) in [6, 6.07) is 0. The van der Waals surface area contributed by atoms with Crippen molar-refractivity contribution in [3.05, 3.63) is 29.6 Å². The number of H-pyrrole nitrogens is 2. The molecule has 0 aliphatic rings. The molecule has 0 atom stereocenters. The van der Waals surface area contributed by atoms with Gasteiger partial charge in [-0.25, -0.2) is 15.0 Å². The summed E-state index contributed by atoms with van der Waals surface area (Å²) in [6.45, 7) is 4.83. The third-order valence-corrected chi connectivity index (χ3v) is 3.17. The normalized spacial score (nSPS) is 11.1. The lowest BCUT2D eigenvalue weighted by Gasteiger charge is -2.06. The van der Waals surface area contributed by atoms with Crippen LogP contribution in [0.25, 0.3) is 11.2 Å². The second-order valence-corrected chi connectivity index (χ2v) is 4.41. The van der Waals surface area contributed by atoms with Gasteiger partial charge in [-0.3, -0.25) is 5.10 Å². The molecule has 0 saturated heterocycles. The van der Waals surface area contributed by atoms with Crippen LogP contribution in [0.3, 0.4) is 0 Å². The average Bonchev–Trinajstić information content (AvgIpc) is 3.00. The van der Waals surface area contributed by atoms with Gasteiger partial charge in [0.25, 0.3) is 0 Å². The lowest BCUT2D eigenvalue weighted by Crippen LogP contribution is -2.08. The second-order valence-electron chi connectivity index (χ2n) is 4.41. The van der Waals surface area contributed by atoms with E-state index >= 15 is 0 Å². The van der Waals surface area contributed by atoms with E-state index in [1.807, 2.05) is 13.8 Å². The van der Waals surface area contributed by atoms with Gasteiger partial charge < -0.3 is 10.3 Å². The molecule has 0 aliphatic carbocycles. The molecule has 3 N–H and O–H groups in total. The number of hydrogen-bond acceptors (Lipinski definition) is 5. The molecule has 0 aromatic carbocycles. The molecular formula is C12H15N7. The van der Waals surface area contributed by atoms with Crippen molar-refractivity contribution in [2.24, 2.45) is 0 Å². The van der Waals surface area contributed by atoms with Crippen molar-refractivity contribution in [2.75, 3.05) is 11.9 Å². The van der Waals surface area contributed by atoms with Crippen LogP contribution >= 0.6 is 0 Å². The number of fused-ring (bicyclic) bond motifs is 1. The molecule has 0 unspecified atom stereocenters. The van der Waals surface area contributed by atoms with Gasteiger partial charge in [-0.1, -0.05) is 0 Å². The summed E-state index contributed by atoms with van der Waals surface area (Å²) in [5.74, 6) is 0.779. The van der Waals surface area contributed by atoms with Crippen LogP contribution in [-0.4, -0.2) is 36.7 Å². The Morgan fingerprint density at radius 2 is 2.11 bits per heavy atom. The molecule has 7 heteroatoms. The van der Waals surface area contributed by atoms with Crippen LogP contribution in [0.15, 0.2) is 12.7 Å². The summed E-state index contributed by atoms with van der Waals surface area (Å²) >= 11 is 0. The Morgan fingerprint density at radius 1 is 1.21 bits per heavy atom. The van der Waals surface area contributed by atoms with Gasteiger partial charge >= 0.3 is 0 Å². The molecule has 0 fully saturated rings. The quantitative estimate of drug-likeness (QED) is 0.655. The van der Waals surface area contributed by atoms with E-state index in [1.54, 1.807) is 6.33 Å². The highest BCUT2D eigenvalue weighted by Gasteiger charge is 2.08. The van der Waals surface area contributed by atoms with Gasteiger partial charge in [0.15, 0.2) is 11.5 Å². The van der Waals surface area contributed by atoms with Crippen LogP contribution in [-0.2, 0) is 6.42 Å². The molecule has 3 rings (SSSR count). The van der Waals surface area contributed by atoms with Gasteiger partial charge in [-0.2, -0.15) is 5.10 Å². The van der Waals surface area contributed by atoms with E-state index in [0.29, 0.717) is 5.65 Å². The van der Waals surface area contributed by atoms with Crippen molar-refractivity contribution in [3.8, 4) is 0 Å². The van der Waals surface area contributed by atoms with Crippen molar-refractivity contribution in [1.29, 1.82) is 0 Å². The highest BCUT2D eigenvalue weighted by Crippen LogP contribution is 2.15. The fourth-order valence-corrected chi connectivity index (χ4v) is 2.15. The van der Waals surface area contributed by atoms with Crippen molar-refractivity contribution < 1.29 is 0 Å². The molecule has 0 amide bonds. The predicted octanol–water partition coefficient (Wildman–Crippen LogP) is 1.35. The molecule has 3 heterocycles. The van der Waals surface area contributed by atoms with E-state index in [2.05, 4.69) is 35.5 Å². The first-order valence-corrected chi connectivity index (χ1v) is 6.14. The summed E-state index contributed by atoms with van der Waals surface area (Å²) in [4.78, 5) is 15.4. The minimum absolute atomic E-state index is 0.674. The first kappa shape index (κ1) is 11.6. The number of aromatic amines is 2. The minimum Gasteiger partial charge on any atom is -0.368 e. The van der Waals surface area contributed by atoms with Crippen LogP contribution in [0.1, 0.15) is 17.0 Å². The van der Waals surface area contributed by atoms with E-state index < -0.39 is 0 Å². The first-order valence-electron chi connectivity index (χ1n) is 6.14. The number of nitrogens with one attached hydrogen (secondary N) is 3. The van der Waals surface area contributed by atoms with Gasteiger partial charge in [0.2, 0.25) is 0 Å². The summed E-state index contributed by atoms with van der Waals surface area (Å²) in [5, 5.41) is 10.5. The van der Waals surface area contributed by atoms with Gasteiger partial charge in [0.1, 0.15) is 11.8 Å². The smallest absolute Gasteiger partial charge is 0.182 e. The minimum atomic E-state index is 0.674. The molecule has 0 radical (unpaired) electrons. The summed E-state index contributed by atoms with van der Waals surface area (Å²) < 4.78 is 0. The van der Waals surface area contributed by atoms with Crippen molar-refractivity contribution >= 4 is 17.0 Å². The van der Waals surface area contributed by atoms with Gasteiger partial charge in [0.05, 0.1) is 12.0 Å². The standard InChI is InChI=1S/C12H15N7/c1-7-9(8(2)19-18-7)3-4-13-11-10-12(15-5-14-10)17-6-16-11/h5-6H,3-4H2,1-2H3,(H,18,19)(H2,13,14,15,16,17). The third kappa shape index (κ3) is 2.14. The maximum atomic E-state index is 4.23. The zero-order valence-corrected chi connectivity index (χ0v) is 10.9. The van der Waals surface area contributed by atoms with E-state index in [4.69, 9.17) is 0 Å². The molecule has 19 heavy (non-hydrogen) atoms. The van der Waals surface area contributed by atoms with Crippen LogP contribution in [0.5, 0.6) is 0 Å². The number of nitrogens with zero attached hydrogens (tertiary/aromatic N) is 4.